The summed E-state index contributed by atoms with van der Waals surface area (Å²) in [5.41, 5.74) is 0.888. The van der Waals surface area contributed by atoms with Gasteiger partial charge in [0.15, 0.2) is 0 Å². The molecular weight excluding hydrogens is 282 g/mol. The first kappa shape index (κ1) is 17.9. The maximum Gasteiger partial charge on any atom is 0.119 e. The lowest BCUT2D eigenvalue weighted by atomic mass is 10.2. The summed E-state index contributed by atoms with van der Waals surface area (Å²) in [4.78, 5) is 2.36. The zero-order chi connectivity index (χ0) is 15.5. The molecule has 116 valence electrons. The summed E-state index contributed by atoms with van der Waals surface area (Å²) < 4.78 is 5.76. The van der Waals surface area contributed by atoms with Crippen molar-refractivity contribution in [3.8, 4) is 17.6 Å². The van der Waals surface area contributed by atoms with E-state index in [2.05, 4.69) is 37.0 Å². The molecule has 0 saturated heterocycles. The van der Waals surface area contributed by atoms with Gasteiger partial charge in [0.05, 0.1) is 0 Å². The SMILES string of the molecule is CCC(CSC)N(C)CCOc1ccc(C#CCO)cc1. The van der Waals surface area contributed by atoms with Gasteiger partial charge in [-0.3, -0.25) is 4.90 Å². The van der Waals surface area contributed by atoms with E-state index >= 15 is 0 Å². The van der Waals surface area contributed by atoms with Crippen LogP contribution in [0, 0.1) is 11.8 Å². The monoisotopic (exact) mass is 307 g/mol. The van der Waals surface area contributed by atoms with Crippen molar-refractivity contribution in [1.29, 1.82) is 0 Å². The molecule has 0 saturated carbocycles. The Balaban J connectivity index is 2.38. The van der Waals surface area contributed by atoms with Gasteiger partial charge >= 0.3 is 0 Å². The Morgan fingerprint density at radius 2 is 2.05 bits per heavy atom. The fourth-order valence-corrected chi connectivity index (χ4v) is 2.89. The second kappa shape index (κ2) is 10.6. The molecule has 0 aliphatic heterocycles. The molecule has 0 aromatic heterocycles. The predicted octanol–water partition coefficient (Wildman–Crippen LogP) is 2.48. The molecule has 3 nitrogen and oxygen atoms in total. The van der Waals surface area contributed by atoms with Gasteiger partial charge in [-0.15, -0.1) is 0 Å². The number of hydrogen-bond acceptors (Lipinski definition) is 4. The summed E-state index contributed by atoms with van der Waals surface area (Å²) in [6.07, 6.45) is 3.31. The maximum atomic E-state index is 8.65. The van der Waals surface area contributed by atoms with Gasteiger partial charge in [-0.25, -0.2) is 0 Å². The van der Waals surface area contributed by atoms with Crippen LogP contribution in [0.15, 0.2) is 24.3 Å². The van der Waals surface area contributed by atoms with Crippen molar-refractivity contribution in [3.05, 3.63) is 29.8 Å². The minimum absolute atomic E-state index is 0.112. The van der Waals surface area contributed by atoms with E-state index in [0.717, 1.165) is 30.0 Å². The van der Waals surface area contributed by atoms with Crippen molar-refractivity contribution in [3.63, 3.8) is 0 Å². The largest absolute Gasteiger partial charge is 0.492 e. The number of nitrogens with zero attached hydrogens (tertiary/aromatic N) is 1. The zero-order valence-electron chi connectivity index (χ0n) is 13.1. The molecular formula is C17H25NO2S. The zero-order valence-corrected chi connectivity index (χ0v) is 13.9. The highest BCUT2D eigenvalue weighted by Gasteiger charge is 2.11. The van der Waals surface area contributed by atoms with E-state index < -0.39 is 0 Å². The summed E-state index contributed by atoms with van der Waals surface area (Å²) in [6.45, 7) is 3.72. The number of hydrogen-bond donors (Lipinski definition) is 1. The topological polar surface area (TPSA) is 32.7 Å². The first-order chi connectivity index (χ1) is 10.2. The summed E-state index contributed by atoms with van der Waals surface area (Å²) in [5, 5.41) is 8.65. The van der Waals surface area contributed by atoms with Crippen LogP contribution in [0.4, 0.5) is 0 Å². The van der Waals surface area contributed by atoms with E-state index in [0.29, 0.717) is 12.6 Å². The van der Waals surface area contributed by atoms with E-state index in [1.54, 1.807) is 0 Å². The summed E-state index contributed by atoms with van der Waals surface area (Å²) in [6, 6.07) is 8.26. The highest BCUT2D eigenvalue weighted by atomic mass is 32.2. The van der Waals surface area contributed by atoms with Gasteiger partial charge in [0, 0.05) is 23.9 Å². The van der Waals surface area contributed by atoms with E-state index in [-0.39, 0.29) is 6.61 Å². The molecule has 0 fully saturated rings. The Morgan fingerprint density at radius 3 is 2.62 bits per heavy atom. The van der Waals surface area contributed by atoms with Crippen LogP contribution in [-0.4, -0.2) is 54.9 Å². The average Bonchev–Trinajstić information content (AvgIpc) is 2.51. The van der Waals surface area contributed by atoms with Gasteiger partial charge in [0.2, 0.25) is 0 Å². The summed E-state index contributed by atoms with van der Waals surface area (Å²) in [5.74, 6) is 7.51. The van der Waals surface area contributed by atoms with Crippen molar-refractivity contribution in [2.75, 3.05) is 38.8 Å². The molecule has 1 N–H and O–H groups in total. The second-order valence-electron chi connectivity index (χ2n) is 4.83. The van der Waals surface area contributed by atoms with Crippen LogP contribution in [0.2, 0.25) is 0 Å². The molecule has 4 heteroatoms. The van der Waals surface area contributed by atoms with Crippen LogP contribution in [-0.2, 0) is 0 Å². The number of rotatable bonds is 8. The molecule has 0 heterocycles. The van der Waals surface area contributed by atoms with Gasteiger partial charge < -0.3 is 9.84 Å². The lowest BCUT2D eigenvalue weighted by Crippen LogP contribution is -2.36. The van der Waals surface area contributed by atoms with E-state index in [9.17, 15) is 0 Å². The summed E-state index contributed by atoms with van der Waals surface area (Å²) >= 11 is 1.89. The molecule has 0 amide bonds. The minimum Gasteiger partial charge on any atom is -0.492 e. The Hall–Kier alpha value is -1.15. The lowest BCUT2D eigenvalue weighted by molar-refractivity contribution is 0.199. The van der Waals surface area contributed by atoms with E-state index in [1.165, 1.54) is 0 Å². The van der Waals surface area contributed by atoms with Gasteiger partial charge in [0.25, 0.3) is 0 Å². The Kier molecular flexibility index (Phi) is 9.00. The van der Waals surface area contributed by atoms with Gasteiger partial charge in [0.1, 0.15) is 19.0 Å². The van der Waals surface area contributed by atoms with Crippen molar-refractivity contribution in [2.45, 2.75) is 19.4 Å². The molecule has 1 atom stereocenters. The number of benzene rings is 1. The molecule has 0 bridgehead atoms. The quantitative estimate of drug-likeness (QED) is 0.748. The number of ether oxygens (including phenoxy) is 1. The van der Waals surface area contributed by atoms with Crippen LogP contribution in [0.25, 0.3) is 0 Å². The van der Waals surface area contributed by atoms with Crippen LogP contribution < -0.4 is 4.74 Å². The third-order valence-electron chi connectivity index (χ3n) is 3.33. The molecule has 0 aliphatic carbocycles. The van der Waals surface area contributed by atoms with Crippen LogP contribution in [0.1, 0.15) is 18.9 Å². The van der Waals surface area contributed by atoms with Crippen molar-refractivity contribution >= 4 is 11.8 Å². The van der Waals surface area contributed by atoms with Crippen LogP contribution >= 0.6 is 11.8 Å². The second-order valence-corrected chi connectivity index (χ2v) is 5.74. The Morgan fingerprint density at radius 1 is 1.33 bits per heavy atom. The van der Waals surface area contributed by atoms with Crippen LogP contribution in [0.3, 0.4) is 0 Å². The highest BCUT2D eigenvalue weighted by Crippen LogP contribution is 2.12. The molecule has 0 radical (unpaired) electrons. The standard InChI is InChI=1S/C17H25NO2S/c1-4-16(14-21-3)18(2)11-13-20-17-9-7-15(8-10-17)6-5-12-19/h7-10,16,19H,4,11-14H2,1-3H3. The Labute approximate surface area is 132 Å². The molecule has 1 rings (SSSR count). The molecule has 1 unspecified atom stereocenters. The molecule has 0 spiro atoms. The maximum absolute atomic E-state index is 8.65. The Bertz CT molecular complexity index is 450. The van der Waals surface area contributed by atoms with Gasteiger partial charge in [-0.05, 0) is 44.0 Å². The fraction of sp³-hybridized carbons (Fsp3) is 0.529. The van der Waals surface area contributed by atoms with Crippen molar-refractivity contribution in [1.82, 2.24) is 4.90 Å². The number of likely N-dealkylation sites (N-methyl/N-ethyl adjacent to an activating group) is 1. The van der Waals surface area contributed by atoms with Gasteiger partial charge in [-0.2, -0.15) is 11.8 Å². The minimum atomic E-state index is -0.112. The molecule has 21 heavy (non-hydrogen) atoms. The van der Waals surface area contributed by atoms with Crippen LogP contribution in [0.5, 0.6) is 5.75 Å². The molecule has 1 aromatic carbocycles. The average molecular weight is 307 g/mol. The lowest BCUT2D eigenvalue weighted by Gasteiger charge is -2.26. The third kappa shape index (κ3) is 6.90. The highest BCUT2D eigenvalue weighted by molar-refractivity contribution is 7.98. The number of thioether (sulfide) groups is 1. The molecule has 1 aromatic rings. The van der Waals surface area contributed by atoms with Crippen molar-refractivity contribution in [2.24, 2.45) is 0 Å². The number of aliphatic hydroxyl groups excluding tert-OH is 1. The van der Waals surface area contributed by atoms with E-state index in [4.69, 9.17) is 9.84 Å². The fourth-order valence-electron chi connectivity index (χ4n) is 2.02. The van der Waals surface area contributed by atoms with E-state index in [1.807, 2.05) is 36.0 Å². The third-order valence-corrected chi connectivity index (χ3v) is 4.05. The summed E-state index contributed by atoms with van der Waals surface area (Å²) in [7, 11) is 2.15. The molecule has 0 aliphatic rings. The normalized spacial score (nSPS) is 11.9. The number of aliphatic hydroxyl groups is 1. The predicted molar refractivity (Wildman–Crippen MR) is 91.0 cm³/mol. The van der Waals surface area contributed by atoms with Gasteiger partial charge in [-0.1, -0.05) is 18.8 Å². The first-order valence-electron chi connectivity index (χ1n) is 7.23. The smallest absolute Gasteiger partial charge is 0.119 e. The first-order valence-corrected chi connectivity index (χ1v) is 8.62. The van der Waals surface area contributed by atoms with Crippen molar-refractivity contribution < 1.29 is 9.84 Å².